The molecule has 4 nitrogen and oxygen atoms in total. The largest absolute Gasteiger partial charge is 0.778 e. The zero-order chi connectivity index (χ0) is 15.2. The summed E-state index contributed by atoms with van der Waals surface area (Å²) in [7, 11) is -3.72. The Morgan fingerprint density at radius 2 is 1.53 bits per heavy atom. The van der Waals surface area contributed by atoms with Crippen LogP contribution in [0.5, 0.6) is 0 Å². The standard InChI is InChI=1S/C14H32NO3P/c1-13(2,3)15-11-9-7-8-10-12-18-19(16,17)14(4,5)6/h15H,7-12H2,1-6H3,(H,16,17)/p-1. The molecule has 0 radical (unpaired) electrons. The zero-order valence-corrected chi connectivity index (χ0v) is 14.3. The van der Waals surface area contributed by atoms with Gasteiger partial charge in [0.25, 0.3) is 0 Å². The fraction of sp³-hybridized carbons (Fsp3) is 1.00. The minimum atomic E-state index is -3.72. The Kier molecular flexibility index (Phi) is 7.82. The third kappa shape index (κ3) is 9.61. The first-order chi connectivity index (χ1) is 8.46. The summed E-state index contributed by atoms with van der Waals surface area (Å²) in [6.45, 7) is 12.8. The maximum Gasteiger partial charge on any atom is 0.140 e. The van der Waals surface area contributed by atoms with E-state index in [4.69, 9.17) is 4.52 Å². The van der Waals surface area contributed by atoms with E-state index in [-0.39, 0.29) is 5.54 Å². The first-order valence-electron chi connectivity index (χ1n) is 7.16. The van der Waals surface area contributed by atoms with Crippen molar-refractivity contribution < 1.29 is 14.0 Å². The van der Waals surface area contributed by atoms with Gasteiger partial charge in [0.2, 0.25) is 0 Å². The Morgan fingerprint density at radius 1 is 1.00 bits per heavy atom. The molecule has 0 fully saturated rings. The zero-order valence-electron chi connectivity index (χ0n) is 13.4. The lowest BCUT2D eigenvalue weighted by atomic mass is 10.1. The van der Waals surface area contributed by atoms with E-state index < -0.39 is 12.8 Å². The molecular weight excluding hydrogens is 261 g/mol. The van der Waals surface area contributed by atoms with Gasteiger partial charge in [0.15, 0.2) is 0 Å². The van der Waals surface area contributed by atoms with Gasteiger partial charge in [-0.15, -0.1) is 0 Å². The van der Waals surface area contributed by atoms with Crippen LogP contribution in [0.25, 0.3) is 0 Å². The molecule has 0 bridgehead atoms. The molecule has 1 N–H and O–H groups in total. The molecule has 1 atom stereocenters. The predicted octanol–water partition coefficient (Wildman–Crippen LogP) is 3.30. The van der Waals surface area contributed by atoms with Crippen molar-refractivity contribution in [2.75, 3.05) is 13.2 Å². The molecule has 0 rings (SSSR count). The first-order valence-corrected chi connectivity index (χ1v) is 8.71. The Balaban J connectivity index is 3.55. The third-order valence-corrected chi connectivity index (χ3v) is 4.97. The second-order valence-corrected chi connectivity index (χ2v) is 9.69. The van der Waals surface area contributed by atoms with Crippen molar-refractivity contribution in [3.63, 3.8) is 0 Å². The van der Waals surface area contributed by atoms with Gasteiger partial charge in [-0.3, -0.25) is 0 Å². The fourth-order valence-corrected chi connectivity index (χ4v) is 2.18. The fourth-order valence-electron chi connectivity index (χ4n) is 1.42. The van der Waals surface area contributed by atoms with Crippen molar-refractivity contribution in [1.82, 2.24) is 5.32 Å². The van der Waals surface area contributed by atoms with Gasteiger partial charge in [-0.05, 0) is 40.2 Å². The van der Waals surface area contributed by atoms with Crippen LogP contribution in [0.4, 0.5) is 0 Å². The predicted molar refractivity (Wildman–Crippen MR) is 79.5 cm³/mol. The van der Waals surface area contributed by atoms with Gasteiger partial charge in [-0.2, -0.15) is 0 Å². The van der Waals surface area contributed by atoms with Crippen LogP contribution in [0, 0.1) is 0 Å². The summed E-state index contributed by atoms with van der Waals surface area (Å²) in [5.41, 5.74) is 0.172. The summed E-state index contributed by atoms with van der Waals surface area (Å²) in [5.74, 6) is 0. The SMILES string of the molecule is CC(C)(C)NCCCCCCOP(=O)([O-])C(C)(C)C. The Labute approximate surface area is 118 Å². The summed E-state index contributed by atoms with van der Waals surface area (Å²) < 4.78 is 16.7. The van der Waals surface area contributed by atoms with Gasteiger partial charge >= 0.3 is 0 Å². The Hall–Kier alpha value is 0.110. The molecular formula is C14H31NO3P-. The normalized spacial score (nSPS) is 16.4. The van der Waals surface area contributed by atoms with Gasteiger partial charge in [-0.1, -0.05) is 33.6 Å². The van der Waals surface area contributed by atoms with Gasteiger partial charge in [0, 0.05) is 10.7 Å². The van der Waals surface area contributed by atoms with Crippen LogP contribution < -0.4 is 10.2 Å². The van der Waals surface area contributed by atoms with Crippen LogP contribution in [-0.4, -0.2) is 23.8 Å². The summed E-state index contributed by atoms with van der Waals surface area (Å²) in [6, 6.07) is 0. The Morgan fingerprint density at radius 3 is 2.00 bits per heavy atom. The summed E-state index contributed by atoms with van der Waals surface area (Å²) in [5, 5.41) is 2.63. The molecule has 0 aromatic heterocycles. The van der Waals surface area contributed by atoms with Crippen molar-refractivity contribution in [3.8, 4) is 0 Å². The van der Waals surface area contributed by atoms with Crippen LogP contribution in [0.15, 0.2) is 0 Å². The number of rotatable bonds is 8. The molecule has 0 spiro atoms. The van der Waals surface area contributed by atoms with Gasteiger partial charge in [-0.25, -0.2) is 0 Å². The van der Waals surface area contributed by atoms with Crippen LogP contribution in [0.3, 0.4) is 0 Å². The lowest BCUT2D eigenvalue weighted by molar-refractivity contribution is -0.204. The molecule has 0 aliphatic rings. The van der Waals surface area contributed by atoms with Gasteiger partial charge < -0.3 is 19.3 Å². The minimum absolute atomic E-state index is 0.172. The molecule has 0 saturated carbocycles. The van der Waals surface area contributed by atoms with E-state index in [0.717, 1.165) is 32.2 Å². The summed E-state index contributed by atoms with van der Waals surface area (Å²) >= 11 is 0. The molecule has 1 unspecified atom stereocenters. The highest BCUT2D eigenvalue weighted by Crippen LogP contribution is 2.50. The lowest BCUT2D eigenvalue weighted by Crippen LogP contribution is -2.36. The van der Waals surface area contributed by atoms with E-state index in [2.05, 4.69) is 26.1 Å². The molecule has 19 heavy (non-hydrogen) atoms. The molecule has 0 aromatic rings. The number of hydrogen-bond donors (Lipinski definition) is 1. The molecule has 0 amide bonds. The maximum atomic E-state index is 11.7. The Bertz CT molecular complexity index is 292. The molecule has 5 heteroatoms. The quantitative estimate of drug-likeness (QED) is 0.551. The monoisotopic (exact) mass is 292 g/mol. The molecule has 0 aliphatic carbocycles. The van der Waals surface area contributed by atoms with Crippen LogP contribution in [0.2, 0.25) is 0 Å². The highest BCUT2D eigenvalue weighted by atomic mass is 31.2. The van der Waals surface area contributed by atoms with E-state index in [1.54, 1.807) is 20.8 Å². The molecule has 0 saturated heterocycles. The molecule has 0 heterocycles. The number of nitrogens with one attached hydrogen (secondary N) is 1. The van der Waals surface area contributed by atoms with Crippen LogP contribution in [0.1, 0.15) is 67.2 Å². The van der Waals surface area contributed by atoms with Crippen molar-refractivity contribution in [2.45, 2.75) is 77.9 Å². The van der Waals surface area contributed by atoms with E-state index in [1.165, 1.54) is 0 Å². The number of hydrogen-bond acceptors (Lipinski definition) is 4. The average Bonchev–Trinajstić information content (AvgIpc) is 2.18. The first kappa shape index (κ1) is 19.1. The third-order valence-electron chi connectivity index (χ3n) is 2.81. The lowest BCUT2D eigenvalue weighted by Gasteiger charge is -2.35. The topological polar surface area (TPSA) is 61.4 Å². The molecule has 0 aromatic carbocycles. The van der Waals surface area contributed by atoms with E-state index in [1.807, 2.05) is 0 Å². The van der Waals surface area contributed by atoms with E-state index in [9.17, 15) is 9.46 Å². The van der Waals surface area contributed by atoms with E-state index in [0.29, 0.717) is 6.61 Å². The minimum Gasteiger partial charge on any atom is -0.778 e. The number of unbranched alkanes of at least 4 members (excludes halogenated alkanes) is 3. The molecule has 116 valence electrons. The van der Waals surface area contributed by atoms with E-state index >= 15 is 0 Å². The maximum absolute atomic E-state index is 11.7. The molecule has 0 aliphatic heterocycles. The van der Waals surface area contributed by atoms with Crippen molar-refractivity contribution >= 4 is 7.60 Å². The van der Waals surface area contributed by atoms with Crippen molar-refractivity contribution in [1.29, 1.82) is 0 Å². The second-order valence-electron chi connectivity index (χ2n) is 7.09. The van der Waals surface area contributed by atoms with Crippen LogP contribution >= 0.6 is 7.60 Å². The second kappa shape index (κ2) is 7.78. The highest BCUT2D eigenvalue weighted by molar-refractivity contribution is 7.53. The van der Waals surface area contributed by atoms with Gasteiger partial charge in [0.1, 0.15) is 7.60 Å². The van der Waals surface area contributed by atoms with Crippen LogP contribution in [-0.2, 0) is 9.09 Å². The smallest absolute Gasteiger partial charge is 0.140 e. The summed E-state index contributed by atoms with van der Waals surface area (Å²) in [4.78, 5) is 11.7. The average molecular weight is 292 g/mol. The van der Waals surface area contributed by atoms with Crippen molar-refractivity contribution in [2.24, 2.45) is 0 Å². The highest BCUT2D eigenvalue weighted by Gasteiger charge is 2.26. The summed E-state index contributed by atoms with van der Waals surface area (Å²) in [6.07, 6.45) is 4.03. The van der Waals surface area contributed by atoms with Gasteiger partial charge in [0.05, 0.1) is 6.61 Å². The van der Waals surface area contributed by atoms with Crippen molar-refractivity contribution in [3.05, 3.63) is 0 Å².